The number of nitrogens with two attached hydrogens (primary N) is 1. The second-order valence-corrected chi connectivity index (χ2v) is 8.69. The Morgan fingerprint density at radius 1 is 1.00 bits per heavy atom. The molecule has 1 fully saturated rings. The van der Waals surface area contributed by atoms with Crippen LogP contribution in [0.2, 0.25) is 0 Å². The second-order valence-electron chi connectivity index (χ2n) is 7.45. The molecular weight excluding hydrogens is 421 g/mol. The summed E-state index contributed by atoms with van der Waals surface area (Å²) < 4.78 is 19.0. The van der Waals surface area contributed by atoms with E-state index < -0.39 is 44.6 Å². The molecule has 12 heteroatoms. The molecule has 11 nitrogen and oxygen atoms in total. The molecule has 0 aromatic rings. The van der Waals surface area contributed by atoms with Gasteiger partial charge in [-0.2, -0.15) is 0 Å². The van der Waals surface area contributed by atoms with Crippen LogP contribution in [0.3, 0.4) is 0 Å². The Labute approximate surface area is 178 Å². The summed E-state index contributed by atoms with van der Waals surface area (Å²) in [5, 5.41) is 48.8. The summed E-state index contributed by atoms with van der Waals surface area (Å²) in [5.74, 6) is -1.91. The minimum atomic E-state index is -4.26. The highest BCUT2D eigenvalue weighted by Crippen LogP contribution is 2.35. The highest BCUT2D eigenvalue weighted by molar-refractivity contribution is 7.46. The van der Waals surface area contributed by atoms with Gasteiger partial charge >= 0.3 is 7.82 Å². The number of aliphatic hydroxyl groups is 5. The Hall–Kier alpha value is -0.170. The van der Waals surface area contributed by atoms with Crippen molar-refractivity contribution in [1.29, 1.82) is 0 Å². The summed E-state index contributed by atoms with van der Waals surface area (Å²) in [5.41, 5.74) is 4.87. The highest BCUT2D eigenvalue weighted by atomic mass is 31.2. The van der Waals surface area contributed by atoms with Crippen LogP contribution in [0.1, 0.15) is 64.7 Å². The molecule has 30 heavy (non-hydrogen) atoms. The van der Waals surface area contributed by atoms with Crippen molar-refractivity contribution in [3.05, 3.63) is 0 Å². The molecule has 1 rings (SSSR count). The van der Waals surface area contributed by atoms with Crippen molar-refractivity contribution in [3.63, 3.8) is 0 Å². The average Bonchev–Trinajstić information content (AvgIpc) is 2.70. The standard InChI is InChI=1S/C16H32O6.C2H8NO4P/c1-2-3-4-5-6-7-8-9-10-16(21)15(20)14(19)13(18)12(11-17)22-16;3-1-2-7-8(4,5)6/h12-15,17-21H,2-11H2,1H3;1-3H2,(H2,4,5,6)/t12-,13-,14+,15-,16-;/m1./s1. The van der Waals surface area contributed by atoms with Crippen LogP contribution in [0.5, 0.6) is 0 Å². The normalized spacial score (nSPS) is 29.4. The summed E-state index contributed by atoms with van der Waals surface area (Å²) in [6.45, 7) is 1.67. The summed E-state index contributed by atoms with van der Waals surface area (Å²) in [6, 6.07) is 0. The minimum absolute atomic E-state index is 0.107. The molecule has 1 saturated heterocycles. The predicted octanol–water partition coefficient (Wildman–Crippen LogP) is -0.266. The lowest BCUT2D eigenvalue weighted by atomic mass is 9.89. The average molecular weight is 461 g/mol. The van der Waals surface area contributed by atoms with Gasteiger partial charge in [0.25, 0.3) is 0 Å². The monoisotopic (exact) mass is 461 g/mol. The lowest BCUT2D eigenvalue weighted by Crippen LogP contribution is -2.65. The lowest BCUT2D eigenvalue weighted by molar-refractivity contribution is -0.351. The Morgan fingerprint density at radius 2 is 1.53 bits per heavy atom. The zero-order valence-electron chi connectivity index (χ0n) is 17.7. The Bertz CT molecular complexity index is 478. The minimum Gasteiger partial charge on any atom is -0.394 e. The Kier molecular flexibility index (Phi) is 15.5. The van der Waals surface area contributed by atoms with Gasteiger partial charge in [-0.1, -0.05) is 51.9 Å². The number of ether oxygens (including phenoxy) is 1. The van der Waals surface area contributed by atoms with E-state index in [1.165, 1.54) is 25.7 Å². The third kappa shape index (κ3) is 12.0. The van der Waals surface area contributed by atoms with Gasteiger partial charge in [0.2, 0.25) is 0 Å². The second kappa shape index (κ2) is 15.6. The van der Waals surface area contributed by atoms with E-state index in [0.717, 1.165) is 19.3 Å². The number of aliphatic hydroxyl groups excluding tert-OH is 4. The maximum absolute atomic E-state index is 10.3. The fourth-order valence-electron chi connectivity index (χ4n) is 3.11. The van der Waals surface area contributed by atoms with E-state index in [1.807, 2.05) is 0 Å². The van der Waals surface area contributed by atoms with Gasteiger partial charge in [0.05, 0.1) is 13.2 Å². The van der Waals surface area contributed by atoms with Crippen LogP contribution in [-0.2, 0) is 13.8 Å². The van der Waals surface area contributed by atoms with E-state index in [4.69, 9.17) is 25.4 Å². The van der Waals surface area contributed by atoms with Crippen LogP contribution in [0.25, 0.3) is 0 Å². The molecule has 0 spiro atoms. The van der Waals surface area contributed by atoms with Gasteiger partial charge in [-0.05, 0) is 6.42 Å². The molecule has 0 aromatic heterocycles. The van der Waals surface area contributed by atoms with Gasteiger partial charge in [-0.3, -0.25) is 4.52 Å². The van der Waals surface area contributed by atoms with E-state index in [-0.39, 0.29) is 19.6 Å². The molecule has 0 aromatic carbocycles. The van der Waals surface area contributed by atoms with Gasteiger partial charge in [-0.25, -0.2) is 4.57 Å². The van der Waals surface area contributed by atoms with Crippen molar-refractivity contribution < 1.29 is 49.1 Å². The maximum Gasteiger partial charge on any atom is 0.469 e. The largest absolute Gasteiger partial charge is 0.469 e. The van der Waals surface area contributed by atoms with E-state index in [9.17, 15) is 25.0 Å². The molecule has 0 saturated carbocycles. The number of unbranched alkanes of at least 4 members (excludes halogenated alkanes) is 7. The number of phosphoric ester groups is 1. The highest BCUT2D eigenvalue weighted by Gasteiger charge is 2.51. The van der Waals surface area contributed by atoms with Crippen molar-refractivity contribution >= 4 is 7.82 Å². The predicted molar refractivity (Wildman–Crippen MR) is 109 cm³/mol. The van der Waals surface area contributed by atoms with Gasteiger partial charge < -0.3 is 45.8 Å². The number of hydrogen-bond donors (Lipinski definition) is 8. The quantitative estimate of drug-likeness (QED) is 0.132. The summed E-state index contributed by atoms with van der Waals surface area (Å²) in [7, 11) is -4.26. The molecule has 0 radical (unpaired) electrons. The first-order valence-corrected chi connectivity index (χ1v) is 12.0. The third-order valence-electron chi connectivity index (χ3n) is 4.82. The Morgan fingerprint density at radius 3 is 1.97 bits per heavy atom. The first-order valence-electron chi connectivity index (χ1n) is 10.5. The number of hydrogen-bond acceptors (Lipinski definition) is 9. The van der Waals surface area contributed by atoms with Crippen LogP contribution >= 0.6 is 7.82 Å². The van der Waals surface area contributed by atoms with Crippen molar-refractivity contribution in [2.24, 2.45) is 5.73 Å². The van der Waals surface area contributed by atoms with Crippen LogP contribution in [0.15, 0.2) is 0 Å². The molecule has 9 N–H and O–H groups in total. The van der Waals surface area contributed by atoms with Crippen molar-refractivity contribution in [2.75, 3.05) is 19.8 Å². The van der Waals surface area contributed by atoms with Crippen LogP contribution in [0, 0.1) is 0 Å². The zero-order chi connectivity index (χ0) is 23.2. The summed E-state index contributed by atoms with van der Waals surface area (Å²) in [6.07, 6.45) is 3.33. The zero-order valence-corrected chi connectivity index (χ0v) is 18.6. The van der Waals surface area contributed by atoms with Crippen molar-refractivity contribution in [1.82, 2.24) is 0 Å². The topological polar surface area (TPSA) is 203 Å². The van der Waals surface area contributed by atoms with E-state index in [1.54, 1.807) is 0 Å². The number of phosphoric acid groups is 1. The van der Waals surface area contributed by atoms with Crippen LogP contribution < -0.4 is 5.73 Å². The van der Waals surface area contributed by atoms with E-state index in [2.05, 4.69) is 11.4 Å². The summed E-state index contributed by atoms with van der Waals surface area (Å²) >= 11 is 0. The maximum atomic E-state index is 10.3. The van der Waals surface area contributed by atoms with Crippen LogP contribution in [-0.4, -0.2) is 85.3 Å². The molecule has 1 aliphatic heterocycles. The lowest BCUT2D eigenvalue weighted by Gasteiger charge is -2.45. The third-order valence-corrected chi connectivity index (χ3v) is 5.34. The fraction of sp³-hybridized carbons (Fsp3) is 1.00. The molecule has 1 aliphatic rings. The van der Waals surface area contributed by atoms with Crippen LogP contribution in [0.4, 0.5) is 0 Å². The molecule has 0 aliphatic carbocycles. The molecule has 182 valence electrons. The van der Waals surface area contributed by atoms with Crippen molar-refractivity contribution in [2.45, 2.75) is 94.9 Å². The molecule has 1 heterocycles. The smallest absolute Gasteiger partial charge is 0.394 e. The molecule has 0 unspecified atom stereocenters. The van der Waals surface area contributed by atoms with Gasteiger partial charge in [0, 0.05) is 13.0 Å². The summed E-state index contributed by atoms with van der Waals surface area (Å²) in [4.78, 5) is 16.0. The first kappa shape index (κ1) is 29.8. The molecule has 0 amide bonds. The van der Waals surface area contributed by atoms with E-state index >= 15 is 0 Å². The first-order chi connectivity index (χ1) is 14.0. The fourth-order valence-corrected chi connectivity index (χ4v) is 3.45. The molecule has 0 bridgehead atoms. The van der Waals surface area contributed by atoms with Gasteiger partial charge in [0.1, 0.15) is 24.4 Å². The Balaban J connectivity index is 0.000000890. The molecular formula is C18H40NO10P. The van der Waals surface area contributed by atoms with E-state index in [0.29, 0.717) is 6.42 Å². The van der Waals surface area contributed by atoms with Crippen molar-refractivity contribution in [3.8, 4) is 0 Å². The molecule has 5 atom stereocenters. The van der Waals surface area contributed by atoms with Gasteiger partial charge in [0.15, 0.2) is 5.79 Å². The van der Waals surface area contributed by atoms with Gasteiger partial charge in [-0.15, -0.1) is 0 Å². The SMILES string of the molecule is CCCCCCCCCC[C@@]1(O)O[C@H](CO)[C@@H](O)[C@H](O)[C@H]1O.NCCOP(=O)(O)O. The number of rotatable bonds is 13.